The molecule has 5 atom stereocenters. The van der Waals surface area contributed by atoms with Crippen molar-refractivity contribution in [2.24, 2.45) is 34.4 Å². The molecule has 0 rings (SSSR count). The van der Waals surface area contributed by atoms with Crippen LogP contribution < -0.4 is 61.0 Å². The largest absolute Gasteiger partial charge is 0.344 e. The van der Waals surface area contributed by atoms with E-state index in [1.165, 1.54) is 0 Å². The highest BCUT2D eigenvalue weighted by atomic mass is 16.2. The molecule has 0 saturated heterocycles. The summed E-state index contributed by atoms with van der Waals surface area (Å²) in [7, 11) is 1.65. The molecule has 0 heterocycles. The standard InChI is InChI=1S/C32H67N11O5/c1-39-22-28(44)24(13-3-8-18-34)40-30(46)26(15-5-10-20-36)42-32(48)27(16-6-11-21-37)43-31(47)25(14-4-9-19-35)41-29(45)23(38)12-2-7-17-33/h23-27,39H,2-22,33-38H2,1H3,(H,40,46)(H,41,45)(H,42,48)(H,43,47). The Morgan fingerprint density at radius 2 is 0.729 bits per heavy atom. The number of ketones is 1. The van der Waals surface area contributed by atoms with Crippen molar-refractivity contribution in [2.75, 3.05) is 46.3 Å². The first-order chi connectivity index (χ1) is 23.1. The van der Waals surface area contributed by atoms with E-state index in [2.05, 4.69) is 26.6 Å². The van der Waals surface area contributed by atoms with Crippen LogP contribution in [0.25, 0.3) is 0 Å². The van der Waals surface area contributed by atoms with Crippen molar-refractivity contribution >= 4 is 29.4 Å². The summed E-state index contributed by atoms with van der Waals surface area (Å²) in [6.07, 6.45) is 8.01. The Labute approximate surface area is 287 Å². The van der Waals surface area contributed by atoms with Gasteiger partial charge < -0.3 is 61.0 Å². The first-order valence-corrected chi connectivity index (χ1v) is 17.7. The number of hydrogen-bond donors (Lipinski definition) is 11. The molecule has 5 unspecified atom stereocenters. The average Bonchev–Trinajstić information content (AvgIpc) is 3.06. The Kier molecular flexibility index (Phi) is 27.5. The summed E-state index contributed by atoms with van der Waals surface area (Å²) in [4.78, 5) is 66.5. The lowest BCUT2D eigenvalue weighted by molar-refractivity contribution is -0.134. The first-order valence-electron chi connectivity index (χ1n) is 17.7. The van der Waals surface area contributed by atoms with E-state index in [9.17, 15) is 24.0 Å². The van der Waals surface area contributed by atoms with Gasteiger partial charge in [0.2, 0.25) is 23.6 Å². The fourth-order valence-corrected chi connectivity index (χ4v) is 5.12. The van der Waals surface area contributed by atoms with Gasteiger partial charge in [0.25, 0.3) is 0 Å². The van der Waals surface area contributed by atoms with Gasteiger partial charge in [-0.3, -0.25) is 24.0 Å². The number of nitrogens with two attached hydrogens (primary N) is 6. The van der Waals surface area contributed by atoms with E-state index >= 15 is 0 Å². The molecule has 0 spiro atoms. The van der Waals surface area contributed by atoms with Crippen molar-refractivity contribution in [3.63, 3.8) is 0 Å². The van der Waals surface area contributed by atoms with Gasteiger partial charge in [-0.05, 0) is 130 Å². The topological polar surface area (TPSA) is 302 Å². The third-order valence-electron chi connectivity index (χ3n) is 8.05. The summed E-state index contributed by atoms with van der Waals surface area (Å²) in [6.45, 7) is 2.27. The summed E-state index contributed by atoms with van der Waals surface area (Å²) in [5, 5.41) is 14.0. The number of amides is 4. The van der Waals surface area contributed by atoms with Crippen molar-refractivity contribution in [2.45, 2.75) is 127 Å². The molecule has 0 aromatic rings. The van der Waals surface area contributed by atoms with E-state index in [4.69, 9.17) is 34.4 Å². The lowest BCUT2D eigenvalue weighted by Gasteiger charge is -2.27. The second kappa shape index (κ2) is 29.2. The third-order valence-corrected chi connectivity index (χ3v) is 8.05. The maximum atomic E-state index is 13.7. The highest BCUT2D eigenvalue weighted by Crippen LogP contribution is 2.10. The molecule has 0 aliphatic heterocycles. The average molecular weight is 686 g/mol. The first kappa shape index (κ1) is 45.3. The fourth-order valence-electron chi connectivity index (χ4n) is 5.12. The molecular formula is C32H67N11O5. The molecular weight excluding hydrogens is 618 g/mol. The second-order valence-electron chi connectivity index (χ2n) is 12.3. The summed E-state index contributed by atoms with van der Waals surface area (Å²) >= 11 is 0. The van der Waals surface area contributed by atoms with Crippen LogP contribution in [-0.2, 0) is 24.0 Å². The minimum atomic E-state index is -1.01. The molecule has 16 nitrogen and oxygen atoms in total. The van der Waals surface area contributed by atoms with Crippen LogP contribution in [0.5, 0.6) is 0 Å². The minimum Gasteiger partial charge on any atom is -0.344 e. The van der Waals surface area contributed by atoms with Crippen LogP contribution in [0.15, 0.2) is 0 Å². The number of likely N-dealkylation sites (N-methyl/N-ethyl adjacent to an activating group) is 1. The number of unbranched alkanes of at least 4 members (excludes halogenated alkanes) is 5. The monoisotopic (exact) mass is 686 g/mol. The molecule has 17 N–H and O–H groups in total. The van der Waals surface area contributed by atoms with Crippen molar-refractivity contribution in [3.8, 4) is 0 Å². The van der Waals surface area contributed by atoms with Crippen LogP contribution in [0.2, 0.25) is 0 Å². The smallest absolute Gasteiger partial charge is 0.243 e. The van der Waals surface area contributed by atoms with Crippen LogP contribution >= 0.6 is 0 Å². The lowest BCUT2D eigenvalue weighted by atomic mass is 10.0. The maximum absolute atomic E-state index is 13.7. The van der Waals surface area contributed by atoms with Gasteiger partial charge in [0.1, 0.15) is 18.1 Å². The van der Waals surface area contributed by atoms with Gasteiger partial charge in [0.15, 0.2) is 5.78 Å². The molecule has 48 heavy (non-hydrogen) atoms. The van der Waals surface area contributed by atoms with Crippen LogP contribution in [-0.4, -0.2) is 106 Å². The van der Waals surface area contributed by atoms with Gasteiger partial charge in [-0.2, -0.15) is 0 Å². The fraction of sp³-hybridized carbons (Fsp3) is 0.844. The molecule has 0 bridgehead atoms. The van der Waals surface area contributed by atoms with Gasteiger partial charge in [-0.25, -0.2) is 0 Å². The molecule has 0 aromatic heterocycles. The summed E-state index contributed by atoms with van der Waals surface area (Å²) in [5.41, 5.74) is 34.3. The minimum absolute atomic E-state index is 0.0780. The molecule has 280 valence electrons. The number of nitrogens with one attached hydrogen (secondary N) is 5. The number of Topliss-reactive ketones (excluding diaryl/α,β-unsaturated/α-hetero) is 1. The van der Waals surface area contributed by atoms with E-state index < -0.39 is 53.8 Å². The molecule has 0 aliphatic carbocycles. The Morgan fingerprint density at radius 3 is 1.06 bits per heavy atom. The van der Waals surface area contributed by atoms with Gasteiger partial charge >= 0.3 is 0 Å². The van der Waals surface area contributed by atoms with Gasteiger partial charge in [0, 0.05) is 0 Å². The van der Waals surface area contributed by atoms with Crippen molar-refractivity contribution in [1.82, 2.24) is 26.6 Å². The van der Waals surface area contributed by atoms with Crippen LogP contribution in [0.1, 0.15) is 96.3 Å². The zero-order valence-corrected chi connectivity index (χ0v) is 29.2. The molecule has 4 amide bonds. The Bertz CT molecular complexity index is 912. The van der Waals surface area contributed by atoms with Crippen molar-refractivity contribution < 1.29 is 24.0 Å². The van der Waals surface area contributed by atoms with Crippen LogP contribution in [0.4, 0.5) is 0 Å². The number of carbonyl (C=O) groups is 5. The zero-order valence-electron chi connectivity index (χ0n) is 29.2. The lowest BCUT2D eigenvalue weighted by Crippen LogP contribution is -2.58. The predicted molar refractivity (Wildman–Crippen MR) is 189 cm³/mol. The molecule has 0 radical (unpaired) electrons. The van der Waals surface area contributed by atoms with E-state index in [0.29, 0.717) is 110 Å². The van der Waals surface area contributed by atoms with Gasteiger partial charge in [-0.15, -0.1) is 0 Å². The second-order valence-corrected chi connectivity index (χ2v) is 12.3. The Hall–Kier alpha value is -2.73. The summed E-state index contributed by atoms with van der Waals surface area (Å²) in [6, 6.07) is -4.47. The number of carbonyl (C=O) groups excluding carboxylic acids is 5. The third kappa shape index (κ3) is 20.6. The summed E-state index contributed by atoms with van der Waals surface area (Å²) < 4.78 is 0. The van der Waals surface area contributed by atoms with E-state index in [0.717, 1.165) is 6.42 Å². The molecule has 0 aliphatic rings. The zero-order chi connectivity index (χ0) is 36.2. The normalized spacial score (nSPS) is 14.3. The molecule has 0 aromatic carbocycles. The summed E-state index contributed by atoms with van der Waals surface area (Å²) in [5.74, 6) is -2.23. The Balaban J connectivity index is 5.98. The van der Waals surface area contributed by atoms with Gasteiger partial charge in [0.05, 0.1) is 18.6 Å². The van der Waals surface area contributed by atoms with Crippen LogP contribution in [0, 0.1) is 0 Å². The maximum Gasteiger partial charge on any atom is 0.243 e. The Morgan fingerprint density at radius 1 is 0.438 bits per heavy atom. The number of rotatable bonds is 31. The predicted octanol–water partition coefficient (Wildman–Crippen LogP) is -2.31. The van der Waals surface area contributed by atoms with E-state index in [-0.39, 0.29) is 25.2 Å². The van der Waals surface area contributed by atoms with E-state index in [1.54, 1.807) is 7.05 Å². The van der Waals surface area contributed by atoms with E-state index in [1.807, 2.05) is 0 Å². The molecule has 16 heteroatoms. The molecule has 0 fully saturated rings. The highest BCUT2D eigenvalue weighted by molar-refractivity contribution is 5.96. The molecule has 0 saturated carbocycles. The highest BCUT2D eigenvalue weighted by Gasteiger charge is 2.31. The van der Waals surface area contributed by atoms with Crippen molar-refractivity contribution in [3.05, 3.63) is 0 Å². The number of hydrogen-bond acceptors (Lipinski definition) is 12. The quantitative estimate of drug-likeness (QED) is 0.0343. The van der Waals surface area contributed by atoms with Crippen LogP contribution in [0.3, 0.4) is 0 Å². The van der Waals surface area contributed by atoms with Gasteiger partial charge in [-0.1, -0.05) is 6.42 Å². The van der Waals surface area contributed by atoms with Crippen molar-refractivity contribution in [1.29, 1.82) is 0 Å². The SMILES string of the molecule is CNCC(=O)C(CCCCN)NC(=O)C(CCCCN)NC(=O)C(CCCCN)NC(=O)C(CCCCN)NC(=O)C(N)CCCCN.